The highest BCUT2D eigenvalue weighted by atomic mass is 16.2. The monoisotopic (exact) mass is 515 g/mol. The summed E-state index contributed by atoms with van der Waals surface area (Å²) in [5.74, 6) is 1.29. The van der Waals surface area contributed by atoms with Crippen molar-refractivity contribution in [3.8, 4) is 28.3 Å². The number of carbonyl (C=O) groups excluding carboxylic acids is 1. The Labute approximate surface area is 226 Å². The maximum Gasteiger partial charge on any atom is 0.227 e. The normalized spacial score (nSPS) is 16.1. The highest BCUT2D eigenvalue weighted by molar-refractivity contribution is 5.94. The Kier molecular flexibility index (Phi) is 5.45. The number of hydrogen-bond donors (Lipinski definition) is 3. The lowest BCUT2D eigenvalue weighted by atomic mass is 9.73. The number of nitrogens with two attached hydrogens (primary N) is 2. The number of rotatable bonds is 6. The molecule has 2 aromatic carbocycles. The van der Waals surface area contributed by atoms with Gasteiger partial charge in [-0.2, -0.15) is 0 Å². The maximum absolute atomic E-state index is 12.3. The maximum atomic E-state index is 12.3. The third-order valence-electron chi connectivity index (χ3n) is 7.90. The summed E-state index contributed by atoms with van der Waals surface area (Å²) in [4.78, 5) is 26.6. The van der Waals surface area contributed by atoms with Crippen LogP contribution in [-0.4, -0.2) is 25.4 Å². The molecule has 1 amide bonds. The molecule has 5 N–H and O–H groups in total. The Balaban J connectivity index is 1.35. The predicted octanol–water partition coefficient (Wildman–Crippen LogP) is 5.42. The number of nitrogens with zero attached hydrogens (tertiary/aromatic N) is 4. The fraction of sp³-hybridized carbons (Fsp3) is 0.226. The molecule has 2 saturated carbocycles. The summed E-state index contributed by atoms with van der Waals surface area (Å²) in [7, 11) is 0. The zero-order valence-electron chi connectivity index (χ0n) is 21.5. The van der Waals surface area contributed by atoms with Gasteiger partial charge in [-0.25, -0.2) is 15.0 Å². The van der Waals surface area contributed by atoms with Gasteiger partial charge < -0.3 is 16.8 Å². The molecule has 0 bridgehead atoms. The molecule has 7 rings (SSSR count). The molecule has 3 aromatic heterocycles. The van der Waals surface area contributed by atoms with Crippen LogP contribution in [0.3, 0.4) is 0 Å². The molecule has 8 heteroatoms. The first-order valence-electron chi connectivity index (χ1n) is 13.4. The van der Waals surface area contributed by atoms with Crippen molar-refractivity contribution in [3.63, 3.8) is 0 Å². The Bertz CT molecular complexity index is 1720. The van der Waals surface area contributed by atoms with Crippen molar-refractivity contribution < 1.29 is 4.79 Å². The summed E-state index contributed by atoms with van der Waals surface area (Å²) in [5.41, 5.74) is 19.3. The molecule has 0 spiro atoms. The molecule has 2 fully saturated rings. The van der Waals surface area contributed by atoms with Crippen LogP contribution in [0.4, 0.5) is 11.5 Å². The zero-order chi connectivity index (χ0) is 26.6. The van der Waals surface area contributed by atoms with E-state index in [4.69, 9.17) is 21.4 Å². The molecular weight excluding hydrogens is 486 g/mol. The Morgan fingerprint density at radius 3 is 2.51 bits per heavy atom. The number of imidazole rings is 1. The average Bonchev–Trinajstić information content (AvgIpc) is 3.73. The molecule has 0 atom stereocenters. The van der Waals surface area contributed by atoms with Gasteiger partial charge in [-0.05, 0) is 86.2 Å². The second-order valence-corrected chi connectivity index (χ2v) is 10.6. The van der Waals surface area contributed by atoms with E-state index in [1.54, 1.807) is 6.20 Å². The molecule has 8 nitrogen and oxygen atoms in total. The molecule has 39 heavy (non-hydrogen) atoms. The zero-order valence-corrected chi connectivity index (χ0v) is 21.5. The van der Waals surface area contributed by atoms with Gasteiger partial charge in [0.2, 0.25) is 5.91 Å². The van der Waals surface area contributed by atoms with Gasteiger partial charge >= 0.3 is 0 Å². The van der Waals surface area contributed by atoms with Gasteiger partial charge in [-0.15, -0.1) is 0 Å². The lowest BCUT2D eigenvalue weighted by Crippen LogP contribution is -2.43. The molecular formula is C31H29N7O. The number of nitrogen functional groups attached to an aromatic ring is 1. The predicted molar refractivity (Wildman–Crippen MR) is 153 cm³/mol. The molecule has 3 heterocycles. The van der Waals surface area contributed by atoms with E-state index < -0.39 is 0 Å². The van der Waals surface area contributed by atoms with Gasteiger partial charge in [0.05, 0.1) is 11.3 Å². The van der Waals surface area contributed by atoms with E-state index >= 15 is 0 Å². The van der Waals surface area contributed by atoms with E-state index in [9.17, 15) is 4.79 Å². The molecule has 0 saturated heterocycles. The van der Waals surface area contributed by atoms with Crippen LogP contribution >= 0.6 is 0 Å². The van der Waals surface area contributed by atoms with Crippen molar-refractivity contribution in [1.29, 1.82) is 0 Å². The SMILES string of the molecule is Nc1ncccc1-c1nc2ccc(-c3cccc(NC(=O)C4CC4)c3)nc2n1-c1ccc(C2(N)CCC2)cc1. The molecule has 194 valence electrons. The minimum atomic E-state index is -0.239. The van der Waals surface area contributed by atoms with Crippen molar-refractivity contribution in [3.05, 3.63) is 84.6 Å². The third kappa shape index (κ3) is 4.23. The topological polar surface area (TPSA) is 125 Å². The van der Waals surface area contributed by atoms with Gasteiger partial charge in [0.25, 0.3) is 0 Å². The second kappa shape index (κ2) is 9.03. The summed E-state index contributed by atoms with van der Waals surface area (Å²) < 4.78 is 2.03. The van der Waals surface area contributed by atoms with Crippen LogP contribution in [0.5, 0.6) is 0 Å². The number of fused-ring (bicyclic) bond motifs is 1. The minimum absolute atomic E-state index is 0.0805. The molecule has 5 aromatic rings. The standard InChI is InChI=1S/C31H29N7O/c32-27-24(6-2-17-34-27)28-37-26-14-13-25(20-4-1-5-22(18-20)35-30(39)19-7-8-19)36-29(26)38(28)23-11-9-21(10-12-23)31(33)15-3-16-31/h1-2,4-6,9-14,17-19H,3,7-8,15-16,33H2,(H2,32,34)(H,35,39). The fourth-order valence-electron chi connectivity index (χ4n) is 5.28. The van der Waals surface area contributed by atoms with Gasteiger partial charge in [0.1, 0.15) is 11.3 Å². The number of amides is 1. The lowest BCUT2D eigenvalue weighted by Gasteiger charge is -2.38. The number of pyridine rings is 2. The number of hydrogen-bond acceptors (Lipinski definition) is 6. The lowest BCUT2D eigenvalue weighted by molar-refractivity contribution is -0.117. The van der Waals surface area contributed by atoms with E-state index in [1.807, 2.05) is 53.1 Å². The van der Waals surface area contributed by atoms with Crippen molar-refractivity contribution in [2.45, 2.75) is 37.6 Å². The number of aromatic nitrogens is 4. The molecule has 2 aliphatic rings. The summed E-state index contributed by atoms with van der Waals surface area (Å²) in [6.45, 7) is 0. The Hall–Kier alpha value is -4.56. The number of nitrogens with one attached hydrogen (secondary N) is 1. The van der Waals surface area contributed by atoms with Crippen LogP contribution in [0.2, 0.25) is 0 Å². The van der Waals surface area contributed by atoms with Crippen LogP contribution in [0.25, 0.3) is 39.5 Å². The van der Waals surface area contributed by atoms with Crippen molar-refractivity contribution in [2.24, 2.45) is 11.7 Å². The molecule has 0 unspecified atom stereocenters. The first kappa shape index (κ1) is 23.5. The quantitative estimate of drug-likeness (QED) is 0.277. The van der Waals surface area contributed by atoms with E-state index in [2.05, 4.69) is 34.6 Å². The first-order valence-corrected chi connectivity index (χ1v) is 13.4. The van der Waals surface area contributed by atoms with Crippen LogP contribution < -0.4 is 16.8 Å². The number of anilines is 2. The van der Waals surface area contributed by atoms with Crippen molar-refractivity contribution in [2.75, 3.05) is 11.1 Å². The fourth-order valence-corrected chi connectivity index (χ4v) is 5.28. The Morgan fingerprint density at radius 1 is 0.974 bits per heavy atom. The van der Waals surface area contributed by atoms with Crippen LogP contribution in [0.1, 0.15) is 37.7 Å². The number of benzene rings is 2. The van der Waals surface area contributed by atoms with E-state index in [0.717, 1.165) is 71.4 Å². The summed E-state index contributed by atoms with van der Waals surface area (Å²) >= 11 is 0. The summed E-state index contributed by atoms with van der Waals surface area (Å²) in [6.07, 6.45) is 6.76. The second-order valence-electron chi connectivity index (χ2n) is 10.6. The smallest absolute Gasteiger partial charge is 0.227 e. The van der Waals surface area contributed by atoms with Crippen LogP contribution in [0, 0.1) is 5.92 Å². The van der Waals surface area contributed by atoms with Crippen LogP contribution in [0.15, 0.2) is 79.0 Å². The summed E-state index contributed by atoms with van der Waals surface area (Å²) in [6, 6.07) is 23.8. The van der Waals surface area contributed by atoms with Gasteiger partial charge in [0, 0.05) is 34.6 Å². The summed E-state index contributed by atoms with van der Waals surface area (Å²) in [5, 5.41) is 3.03. The van der Waals surface area contributed by atoms with Crippen LogP contribution in [-0.2, 0) is 10.3 Å². The average molecular weight is 516 g/mol. The highest BCUT2D eigenvalue weighted by Gasteiger charge is 2.34. The number of carbonyl (C=O) groups is 1. The van der Waals surface area contributed by atoms with Gasteiger partial charge in [-0.1, -0.05) is 24.3 Å². The van der Waals surface area contributed by atoms with Gasteiger partial charge in [0.15, 0.2) is 11.5 Å². The van der Waals surface area contributed by atoms with Gasteiger partial charge in [-0.3, -0.25) is 9.36 Å². The largest absolute Gasteiger partial charge is 0.383 e. The van der Waals surface area contributed by atoms with E-state index in [1.165, 1.54) is 0 Å². The molecule has 0 radical (unpaired) electrons. The van der Waals surface area contributed by atoms with Crippen molar-refractivity contribution in [1.82, 2.24) is 19.5 Å². The molecule has 2 aliphatic carbocycles. The van der Waals surface area contributed by atoms with E-state index in [0.29, 0.717) is 17.3 Å². The molecule has 0 aliphatic heterocycles. The van der Waals surface area contributed by atoms with E-state index in [-0.39, 0.29) is 17.4 Å². The van der Waals surface area contributed by atoms with Crippen molar-refractivity contribution >= 4 is 28.6 Å². The first-order chi connectivity index (χ1) is 19.0. The highest BCUT2D eigenvalue weighted by Crippen LogP contribution is 2.39. The third-order valence-corrected chi connectivity index (χ3v) is 7.90. The minimum Gasteiger partial charge on any atom is -0.383 e. The Morgan fingerprint density at radius 2 is 1.79 bits per heavy atom.